The normalized spacial score (nSPS) is 14.6. The molecule has 9 heteroatoms. The van der Waals surface area contributed by atoms with Crippen LogP contribution in [0.5, 0.6) is 0 Å². The van der Waals surface area contributed by atoms with Gasteiger partial charge in [-0.05, 0) is 61.1 Å². The van der Waals surface area contributed by atoms with Crippen LogP contribution in [0.15, 0.2) is 53.4 Å². The largest absolute Gasteiger partial charge is 0.468 e. The van der Waals surface area contributed by atoms with Crippen molar-refractivity contribution in [3.05, 3.63) is 88.9 Å². The minimum Gasteiger partial charge on any atom is -0.468 e. The van der Waals surface area contributed by atoms with Gasteiger partial charge in [-0.25, -0.2) is 23.1 Å². The minimum atomic E-state index is -2.85. The summed E-state index contributed by atoms with van der Waals surface area (Å²) in [7, 11) is 1.87. The number of benzene rings is 1. The number of furan rings is 1. The van der Waals surface area contributed by atoms with E-state index in [9.17, 15) is 18.0 Å². The fraction of sp³-hybridized carbons (Fsp3) is 0.379. The number of ketones is 1. The van der Waals surface area contributed by atoms with Crippen LogP contribution in [-0.4, -0.2) is 31.5 Å². The maximum absolute atomic E-state index is 14.8. The topological polar surface area (TPSA) is 73.8 Å². The fourth-order valence-corrected chi connectivity index (χ4v) is 4.83. The first kappa shape index (κ1) is 25.9. The highest BCUT2D eigenvalue weighted by Crippen LogP contribution is 2.58. The number of alkyl halides is 2. The zero-order valence-electron chi connectivity index (χ0n) is 21.6. The van der Waals surface area contributed by atoms with Crippen molar-refractivity contribution >= 4 is 5.78 Å². The summed E-state index contributed by atoms with van der Waals surface area (Å²) in [5.74, 6) is -2.55. The van der Waals surface area contributed by atoms with Gasteiger partial charge in [0.25, 0.3) is 5.92 Å². The molecular weight excluding hydrogens is 493 g/mol. The standard InChI is InChI=1S/C29H29F3N4O2/c1-18-10-23(36(3)35-18)14-27-33-15-22(16-34-27)20-5-6-21(25(30)13-20)12-24(37)7-4-19-11-26(38-17-19)29(8-9-29)28(2,31)32/h5-6,10-11,13,15-17H,4,7-9,12,14H2,1-3H3. The van der Waals surface area contributed by atoms with Gasteiger partial charge in [-0.3, -0.25) is 9.48 Å². The summed E-state index contributed by atoms with van der Waals surface area (Å²) in [5, 5.41) is 4.32. The average Bonchev–Trinajstić information content (AvgIpc) is 3.46. The van der Waals surface area contributed by atoms with Crippen molar-refractivity contribution in [1.29, 1.82) is 0 Å². The lowest BCUT2D eigenvalue weighted by Gasteiger charge is -2.20. The van der Waals surface area contributed by atoms with Gasteiger partial charge in [-0.15, -0.1) is 0 Å². The van der Waals surface area contributed by atoms with E-state index in [0.717, 1.165) is 18.3 Å². The second kappa shape index (κ2) is 9.85. The van der Waals surface area contributed by atoms with Crippen LogP contribution in [0.3, 0.4) is 0 Å². The quantitative estimate of drug-likeness (QED) is 0.258. The third-order valence-corrected chi connectivity index (χ3v) is 7.33. The SMILES string of the molecule is Cc1cc(Cc2ncc(-c3ccc(CC(=O)CCc4coc(C5(C(C)(F)F)CC5)c4)c(F)c3)cn2)n(C)n1. The Hall–Kier alpha value is -3.75. The summed E-state index contributed by atoms with van der Waals surface area (Å²) < 4.78 is 49.9. The Balaban J connectivity index is 1.17. The van der Waals surface area contributed by atoms with Gasteiger partial charge in [0.15, 0.2) is 0 Å². The fourth-order valence-electron chi connectivity index (χ4n) is 4.83. The summed E-state index contributed by atoms with van der Waals surface area (Å²) in [6.45, 7) is 2.84. The first-order chi connectivity index (χ1) is 18.0. The summed E-state index contributed by atoms with van der Waals surface area (Å²) in [5.41, 5.74) is 3.00. The molecular formula is C29H29F3N4O2. The Kier molecular flexibility index (Phi) is 6.71. The van der Waals surface area contributed by atoms with E-state index in [1.165, 1.54) is 12.3 Å². The molecule has 1 aliphatic carbocycles. The van der Waals surface area contributed by atoms with Crippen molar-refractivity contribution in [3.8, 4) is 11.1 Å². The molecule has 1 fully saturated rings. The van der Waals surface area contributed by atoms with E-state index in [4.69, 9.17) is 4.42 Å². The highest BCUT2D eigenvalue weighted by molar-refractivity contribution is 5.81. The van der Waals surface area contributed by atoms with Gasteiger partial charge in [0.05, 0.1) is 17.4 Å². The summed E-state index contributed by atoms with van der Waals surface area (Å²) in [6.07, 6.45) is 6.55. The number of hydrogen-bond donors (Lipinski definition) is 0. The van der Waals surface area contributed by atoms with E-state index in [-0.39, 0.29) is 24.4 Å². The molecule has 198 valence electrons. The number of carbonyl (C=O) groups is 1. The number of aryl methyl sites for hydroxylation is 3. The summed E-state index contributed by atoms with van der Waals surface area (Å²) in [6, 6.07) is 8.34. The van der Waals surface area contributed by atoms with E-state index in [1.54, 1.807) is 35.3 Å². The van der Waals surface area contributed by atoms with Crippen molar-refractivity contribution in [2.75, 3.05) is 0 Å². The Bertz CT molecular complexity index is 1460. The van der Waals surface area contributed by atoms with Crippen LogP contribution < -0.4 is 0 Å². The number of Topliss-reactive ketones (excluding diaryl/α,β-unsaturated/α-hetero) is 1. The number of nitrogens with zero attached hydrogens (tertiary/aromatic N) is 4. The van der Waals surface area contributed by atoms with E-state index in [1.807, 2.05) is 20.0 Å². The highest BCUT2D eigenvalue weighted by atomic mass is 19.3. The molecule has 0 aliphatic heterocycles. The molecule has 3 heterocycles. The lowest BCUT2D eigenvalue weighted by Crippen LogP contribution is -2.29. The Morgan fingerprint density at radius 3 is 2.47 bits per heavy atom. The van der Waals surface area contributed by atoms with Gasteiger partial charge in [-0.1, -0.05) is 12.1 Å². The summed E-state index contributed by atoms with van der Waals surface area (Å²) in [4.78, 5) is 21.4. The second-order valence-corrected chi connectivity index (χ2v) is 10.3. The van der Waals surface area contributed by atoms with Crippen molar-refractivity contribution in [2.24, 2.45) is 7.05 Å². The molecule has 0 unspecified atom stereocenters. The third-order valence-electron chi connectivity index (χ3n) is 7.33. The molecule has 1 aromatic carbocycles. The van der Waals surface area contributed by atoms with Crippen molar-refractivity contribution in [3.63, 3.8) is 0 Å². The number of rotatable bonds is 10. The Labute approximate surface area is 218 Å². The molecule has 0 radical (unpaired) electrons. The molecule has 0 bridgehead atoms. The predicted octanol–water partition coefficient (Wildman–Crippen LogP) is 5.94. The number of aromatic nitrogens is 4. The van der Waals surface area contributed by atoms with E-state index in [2.05, 4.69) is 15.1 Å². The van der Waals surface area contributed by atoms with Gasteiger partial charge in [0, 0.05) is 56.9 Å². The third kappa shape index (κ3) is 5.28. The summed E-state index contributed by atoms with van der Waals surface area (Å²) >= 11 is 0. The van der Waals surface area contributed by atoms with Crippen LogP contribution in [0, 0.1) is 12.7 Å². The zero-order chi connectivity index (χ0) is 27.1. The van der Waals surface area contributed by atoms with Gasteiger partial charge >= 0.3 is 0 Å². The smallest absolute Gasteiger partial charge is 0.257 e. The molecule has 5 rings (SSSR count). The van der Waals surface area contributed by atoms with E-state index >= 15 is 0 Å². The number of hydrogen-bond acceptors (Lipinski definition) is 5. The average molecular weight is 523 g/mol. The number of carbonyl (C=O) groups excluding carboxylic acids is 1. The van der Waals surface area contributed by atoms with Crippen LogP contribution in [0.1, 0.15) is 60.3 Å². The molecule has 1 saturated carbocycles. The van der Waals surface area contributed by atoms with Crippen LogP contribution in [0.2, 0.25) is 0 Å². The van der Waals surface area contributed by atoms with Crippen LogP contribution >= 0.6 is 0 Å². The Morgan fingerprint density at radius 2 is 1.87 bits per heavy atom. The van der Waals surface area contributed by atoms with E-state index in [0.29, 0.717) is 53.8 Å². The minimum absolute atomic E-state index is 0.0483. The molecule has 6 nitrogen and oxygen atoms in total. The first-order valence-corrected chi connectivity index (χ1v) is 12.6. The lowest BCUT2D eigenvalue weighted by molar-refractivity contribution is -0.118. The molecule has 3 aromatic heterocycles. The molecule has 1 aliphatic rings. The monoisotopic (exact) mass is 522 g/mol. The van der Waals surface area contributed by atoms with Crippen molar-refractivity contribution in [2.45, 2.75) is 63.7 Å². The maximum Gasteiger partial charge on any atom is 0.257 e. The highest BCUT2D eigenvalue weighted by Gasteiger charge is 2.62. The molecule has 38 heavy (non-hydrogen) atoms. The van der Waals surface area contributed by atoms with Gasteiger partial charge in [0.1, 0.15) is 23.2 Å². The van der Waals surface area contributed by atoms with Crippen molar-refractivity contribution in [1.82, 2.24) is 19.7 Å². The first-order valence-electron chi connectivity index (χ1n) is 12.6. The van der Waals surface area contributed by atoms with E-state index < -0.39 is 17.2 Å². The zero-order valence-corrected chi connectivity index (χ0v) is 21.6. The molecule has 0 atom stereocenters. The predicted molar refractivity (Wildman–Crippen MR) is 135 cm³/mol. The van der Waals surface area contributed by atoms with Crippen LogP contribution in [0.4, 0.5) is 13.2 Å². The molecule has 0 N–H and O–H groups in total. The van der Waals surface area contributed by atoms with Crippen molar-refractivity contribution < 1.29 is 22.4 Å². The lowest BCUT2D eigenvalue weighted by atomic mass is 9.95. The van der Waals surface area contributed by atoms with Crippen LogP contribution in [0.25, 0.3) is 11.1 Å². The molecule has 0 saturated heterocycles. The molecule has 4 aromatic rings. The second-order valence-electron chi connectivity index (χ2n) is 10.3. The molecule has 0 amide bonds. The van der Waals surface area contributed by atoms with Crippen LogP contribution in [-0.2, 0) is 36.5 Å². The van der Waals surface area contributed by atoms with Gasteiger partial charge in [0.2, 0.25) is 0 Å². The van der Waals surface area contributed by atoms with Gasteiger partial charge in [-0.2, -0.15) is 5.10 Å². The maximum atomic E-state index is 14.8. The van der Waals surface area contributed by atoms with Gasteiger partial charge < -0.3 is 4.42 Å². The molecule has 0 spiro atoms. The Morgan fingerprint density at radius 1 is 1.13 bits per heavy atom. The number of halogens is 3.